The molecule has 0 aliphatic carbocycles. The standard InChI is InChI=1S/C38H38ClN11O6/c1-38(2,3)56-36(54)31-18-24-17-27(9-10-28(24)44-31)42-33(51)30(16-22-4-7-26(8-5-22)43-37(55)49-14-12-23(20-40)13-15-49)46-35(53)34(52)45-29-19-25(39)6-11-32(29)50-21-41-47-48-50/h4-11,17-19,21,23,30,44H,12-16H2,1-3H3,(H,42,51)(H,43,55)(H,45,52)(H,46,53)/t30-/m0/s1. The molecule has 3 heterocycles. The molecule has 18 heteroatoms. The number of urea groups is 1. The van der Waals surface area contributed by atoms with Crippen molar-refractivity contribution in [3.05, 3.63) is 89.3 Å². The lowest BCUT2D eigenvalue weighted by atomic mass is 9.99. The Hall–Kier alpha value is -6.80. The molecule has 1 aliphatic rings. The fraction of sp³-hybridized carbons (Fsp3) is 0.289. The molecule has 17 nitrogen and oxygen atoms in total. The van der Waals surface area contributed by atoms with E-state index in [0.29, 0.717) is 59.5 Å². The highest BCUT2D eigenvalue weighted by Gasteiger charge is 2.27. The number of carbonyl (C=O) groups excluding carboxylic acids is 5. The minimum atomic E-state index is -1.26. The molecule has 5 amide bonds. The molecule has 3 aromatic carbocycles. The van der Waals surface area contributed by atoms with E-state index in [-0.39, 0.29) is 34.8 Å². The number of anilines is 3. The number of hydrogen-bond acceptors (Lipinski definition) is 10. The number of likely N-dealkylation sites (tertiary alicyclic amines) is 1. The highest BCUT2D eigenvalue weighted by molar-refractivity contribution is 6.40. The summed E-state index contributed by atoms with van der Waals surface area (Å²) in [6, 6.07) is 18.5. The number of fused-ring (bicyclic) bond motifs is 1. The zero-order chi connectivity index (χ0) is 40.0. The Labute approximate surface area is 325 Å². The number of ether oxygens (including phenoxy) is 1. The molecular formula is C38H38ClN11O6. The first-order valence-electron chi connectivity index (χ1n) is 17.6. The summed E-state index contributed by atoms with van der Waals surface area (Å²) < 4.78 is 6.74. The topological polar surface area (TPSA) is 229 Å². The maximum atomic E-state index is 13.9. The summed E-state index contributed by atoms with van der Waals surface area (Å²) in [6.07, 6.45) is 2.49. The Morgan fingerprint density at radius 3 is 2.36 bits per heavy atom. The highest BCUT2D eigenvalue weighted by atomic mass is 35.5. The lowest BCUT2D eigenvalue weighted by Crippen LogP contribution is -2.49. The van der Waals surface area contributed by atoms with Gasteiger partial charge in [0.2, 0.25) is 5.91 Å². The molecule has 0 unspecified atom stereocenters. The number of nitrogens with one attached hydrogen (secondary N) is 5. The van der Waals surface area contributed by atoms with Gasteiger partial charge in [-0.1, -0.05) is 23.7 Å². The zero-order valence-electron chi connectivity index (χ0n) is 30.6. The van der Waals surface area contributed by atoms with Gasteiger partial charge in [-0.15, -0.1) is 5.10 Å². The van der Waals surface area contributed by atoms with Gasteiger partial charge >= 0.3 is 23.8 Å². The van der Waals surface area contributed by atoms with Gasteiger partial charge in [-0.2, -0.15) is 9.94 Å². The number of nitriles is 1. The Bertz CT molecular complexity index is 2300. The van der Waals surface area contributed by atoms with Crippen LogP contribution < -0.4 is 21.3 Å². The zero-order valence-corrected chi connectivity index (χ0v) is 31.4. The number of benzene rings is 3. The van der Waals surface area contributed by atoms with Crippen molar-refractivity contribution < 1.29 is 28.7 Å². The number of amides is 5. The van der Waals surface area contributed by atoms with Crippen molar-refractivity contribution in [1.29, 1.82) is 5.26 Å². The molecule has 5 N–H and O–H groups in total. The van der Waals surface area contributed by atoms with Crippen LogP contribution in [0.25, 0.3) is 16.6 Å². The van der Waals surface area contributed by atoms with Crippen LogP contribution in [0.2, 0.25) is 5.02 Å². The summed E-state index contributed by atoms with van der Waals surface area (Å²) in [5.41, 5.74) is 2.13. The minimum Gasteiger partial charge on any atom is -0.455 e. The smallest absolute Gasteiger partial charge is 0.355 e. The molecule has 1 fully saturated rings. The molecule has 1 saturated heterocycles. The Balaban J connectivity index is 1.18. The second-order valence-electron chi connectivity index (χ2n) is 14.1. The van der Waals surface area contributed by atoms with Crippen LogP contribution in [-0.2, 0) is 25.5 Å². The maximum Gasteiger partial charge on any atom is 0.355 e. The van der Waals surface area contributed by atoms with E-state index in [0.717, 1.165) is 0 Å². The number of aromatic amines is 1. The van der Waals surface area contributed by atoms with Crippen LogP contribution in [0.5, 0.6) is 0 Å². The number of piperidine rings is 1. The summed E-state index contributed by atoms with van der Waals surface area (Å²) in [5.74, 6) is -3.42. The summed E-state index contributed by atoms with van der Waals surface area (Å²) in [5, 5.41) is 31.8. The first kappa shape index (κ1) is 38.9. The molecule has 56 heavy (non-hydrogen) atoms. The van der Waals surface area contributed by atoms with E-state index >= 15 is 0 Å². The van der Waals surface area contributed by atoms with Crippen molar-refractivity contribution in [3.8, 4) is 11.8 Å². The monoisotopic (exact) mass is 779 g/mol. The normalized spacial score (nSPS) is 13.7. The van der Waals surface area contributed by atoms with Crippen LogP contribution in [0.1, 0.15) is 49.7 Å². The van der Waals surface area contributed by atoms with Crippen LogP contribution in [0, 0.1) is 17.2 Å². The quantitative estimate of drug-likeness (QED) is 0.101. The van der Waals surface area contributed by atoms with E-state index in [1.807, 2.05) is 0 Å². The average molecular weight is 780 g/mol. The first-order valence-corrected chi connectivity index (χ1v) is 18.0. The van der Waals surface area contributed by atoms with Crippen LogP contribution in [0.4, 0.5) is 21.9 Å². The lowest BCUT2D eigenvalue weighted by Gasteiger charge is -2.29. The van der Waals surface area contributed by atoms with Gasteiger partial charge in [-0.05, 0) is 104 Å². The molecule has 288 valence electrons. The predicted octanol–water partition coefficient (Wildman–Crippen LogP) is 4.82. The van der Waals surface area contributed by atoms with Crippen molar-refractivity contribution >= 4 is 69.3 Å². The van der Waals surface area contributed by atoms with Crippen LogP contribution in [0.3, 0.4) is 0 Å². The Morgan fingerprint density at radius 1 is 0.946 bits per heavy atom. The fourth-order valence-electron chi connectivity index (χ4n) is 5.95. The van der Waals surface area contributed by atoms with Crippen molar-refractivity contribution in [2.45, 2.75) is 51.7 Å². The van der Waals surface area contributed by atoms with E-state index < -0.39 is 35.3 Å². The van der Waals surface area contributed by atoms with Crippen molar-refractivity contribution in [2.24, 2.45) is 5.92 Å². The van der Waals surface area contributed by atoms with E-state index in [2.05, 4.69) is 47.8 Å². The van der Waals surface area contributed by atoms with Crippen LogP contribution in [-0.4, -0.2) is 84.5 Å². The lowest BCUT2D eigenvalue weighted by molar-refractivity contribution is -0.137. The van der Waals surface area contributed by atoms with E-state index in [1.165, 1.54) is 17.1 Å². The van der Waals surface area contributed by atoms with Crippen molar-refractivity contribution in [2.75, 3.05) is 29.0 Å². The number of tetrazole rings is 1. The van der Waals surface area contributed by atoms with Crippen LogP contribution in [0.15, 0.2) is 73.1 Å². The second kappa shape index (κ2) is 16.7. The maximum absolute atomic E-state index is 13.9. The number of H-pyrrole nitrogens is 1. The van der Waals surface area contributed by atoms with E-state index in [1.54, 1.807) is 86.3 Å². The third-order valence-electron chi connectivity index (χ3n) is 8.75. The fourth-order valence-corrected chi connectivity index (χ4v) is 6.12. The molecular weight excluding hydrogens is 742 g/mol. The molecule has 1 atom stereocenters. The van der Waals surface area contributed by atoms with E-state index in [9.17, 15) is 24.0 Å². The SMILES string of the molecule is CC(C)(C)OC(=O)c1cc2cc(NC(=O)[C@H](Cc3ccc(NC(=O)N4CCC(C#N)CC4)cc3)NC(=O)C(=O)Nc3cc(Cl)ccc3-n3cnnn3)ccc2[nH]1. The highest BCUT2D eigenvalue weighted by Crippen LogP contribution is 2.25. The molecule has 0 spiro atoms. The summed E-state index contributed by atoms with van der Waals surface area (Å²) in [6.45, 7) is 6.25. The van der Waals surface area contributed by atoms with Crippen molar-refractivity contribution in [3.63, 3.8) is 0 Å². The number of carbonyl (C=O) groups is 5. The molecule has 5 aromatic rings. The van der Waals surface area contributed by atoms with E-state index in [4.69, 9.17) is 21.6 Å². The largest absolute Gasteiger partial charge is 0.455 e. The Kier molecular flexibility index (Phi) is 11.6. The van der Waals surface area contributed by atoms with Gasteiger partial charge in [0.05, 0.1) is 17.4 Å². The number of aromatic nitrogens is 5. The molecule has 0 saturated carbocycles. The minimum absolute atomic E-state index is 0.0387. The van der Waals surface area contributed by atoms with Gasteiger partial charge in [0, 0.05) is 52.7 Å². The second-order valence-corrected chi connectivity index (χ2v) is 14.5. The van der Waals surface area contributed by atoms with Gasteiger partial charge in [0.1, 0.15) is 23.7 Å². The van der Waals surface area contributed by atoms with Gasteiger partial charge in [0.15, 0.2) is 0 Å². The van der Waals surface area contributed by atoms with Crippen LogP contribution >= 0.6 is 11.6 Å². The number of halogens is 1. The molecule has 6 rings (SSSR count). The van der Waals surface area contributed by atoms with Gasteiger partial charge in [0.25, 0.3) is 0 Å². The molecule has 2 aromatic heterocycles. The number of hydrogen-bond donors (Lipinski definition) is 5. The Morgan fingerprint density at radius 2 is 1.68 bits per heavy atom. The molecule has 0 radical (unpaired) electrons. The van der Waals surface area contributed by atoms with Crippen molar-refractivity contribution in [1.82, 2.24) is 35.4 Å². The molecule has 1 aliphatic heterocycles. The van der Waals surface area contributed by atoms with Gasteiger partial charge < -0.3 is 35.9 Å². The van der Waals surface area contributed by atoms with Gasteiger partial charge in [-0.25, -0.2) is 9.59 Å². The third-order valence-corrected chi connectivity index (χ3v) is 8.98. The summed E-state index contributed by atoms with van der Waals surface area (Å²) >= 11 is 6.18. The average Bonchev–Trinajstić information content (AvgIpc) is 3.86. The third kappa shape index (κ3) is 9.84. The first-order chi connectivity index (χ1) is 26.7. The summed E-state index contributed by atoms with van der Waals surface area (Å²) in [7, 11) is 0. The summed E-state index contributed by atoms with van der Waals surface area (Å²) in [4.78, 5) is 70.7. The molecule has 0 bridgehead atoms. The number of nitrogens with zero attached hydrogens (tertiary/aromatic N) is 6. The number of rotatable bonds is 9. The number of esters is 1. The van der Waals surface area contributed by atoms with Gasteiger partial charge in [-0.3, -0.25) is 14.4 Å². The predicted molar refractivity (Wildman–Crippen MR) is 206 cm³/mol.